The van der Waals surface area contributed by atoms with Crippen molar-refractivity contribution in [3.8, 4) is 0 Å². The fraction of sp³-hybridized carbons (Fsp3) is 0. The van der Waals surface area contributed by atoms with Crippen LogP contribution in [0.15, 0.2) is 71.4 Å². The van der Waals surface area contributed by atoms with E-state index in [4.69, 9.17) is 16.3 Å². The highest BCUT2D eigenvalue weighted by Gasteiger charge is 2.23. The molecule has 1 aliphatic rings. The summed E-state index contributed by atoms with van der Waals surface area (Å²) in [5.41, 5.74) is 1.15. The molecular weight excluding hydrogens is 344 g/mol. The normalized spacial score (nSPS) is 15.5. The molecule has 0 aromatic heterocycles. The van der Waals surface area contributed by atoms with E-state index < -0.39 is 10.9 Å². The smallest absolute Gasteiger partial charge is 0.363 e. The number of halogens is 1. The van der Waals surface area contributed by atoms with Crippen molar-refractivity contribution in [3.63, 3.8) is 0 Å². The number of nitro groups is 1. The van der Waals surface area contributed by atoms with Crippen molar-refractivity contribution < 1.29 is 14.5 Å². The van der Waals surface area contributed by atoms with Crippen LogP contribution in [0.3, 0.4) is 0 Å². The van der Waals surface area contributed by atoms with Crippen molar-refractivity contribution in [1.29, 1.82) is 0 Å². The fourth-order valence-corrected chi connectivity index (χ4v) is 2.30. The third-order valence-electron chi connectivity index (χ3n) is 3.38. The number of nitrogens with zero attached hydrogens (tertiary/aromatic N) is 2. The lowest BCUT2D eigenvalue weighted by molar-refractivity contribution is -0.385. The van der Waals surface area contributed by atoms with Gasteiger partial charge in [-0.25, -0.2) is 9.79 Å². The molecule has 0 unspecified atom stereocenters. The Morgan fingerprint density at radius 3 is 2.56 bits per heavy atom. The molecule has 0 radical (unpaired) electrons. The maximum Gasteiger partial charge on any atom is 0.363 e. The first-order valence-electron chi connectivity index (χ1n) is 7.23. The van der Waals surface area contributed by atoms with Gasteiger partial charge in [0.2, 0.25) is 5.90 Å². The molecule has 2 aromatic rings. The van der Waals surface area contributed by atoms with Crippen LogP contribution in [-0.4, -0.2) is 16.8 Å². The average Bonchev–Trinajstić information content (AvgIpc) is 2.97. The van der Waals surface area contributed by atoms with E-state index in [9.17, 15) is 14.9 Å². The van der Waals surface area contributed by atoms with E-state index in [0.717, 1.165) is 0 Å². The summed E-state index contributed by atoms with van der Waals surface area (Å²) in [6.45, 7) is 0. The number of allylic oxidation sites excluding steroid dienone is 2. The van der Waals surface area contributed by atoms with Crippen LogP contribution < -0.4 is 0 Å². The van der Waals surface area contributed by atoms with Crippen LogP contribution in [0.1, 0.15) is 11.1 Å². The van der Waals surface area contributed by atoms with Gasteiger partial charge in [0.25, 0.3) is 5.69 Å². The fourth-order valence-electron chi connectivity index (χ4n) is 2.18. The topological polar surface area (TPSA) is 81.8 Å². The summed E-state index contributed by atoms with van der Waals surface area (Å²) in [4.78, 5) is 26.5. The molecule has 0 fully saturated rings. The number of ether oxygens (including phenoxy) is 1. The van der Waals surface area contributed by atoms with Gasteiger partial charge in [0.05, 0.1) is 10.5 Å². The molecule has 0 saturated carbocycles. The lowest BCUT2D eigenvalue weighted by atomic mass is 10.1. The molecule has 25 heavy (non-hydrogen) atoms. The van der Waals surface area contributed by atoms with Crippen molar-refractivity contribution in [1.82, 2.24) is 0 Å². The second kappa shape index (κ2) is 7.11. The van der Waals surface area contributed by atoms with Gasteiger partial charge in [-0.2, -0.15) is 0 Å². The minimum absolute atomic E-state index is 0.0171. The first-order valence-corrected chi connectivity index (χ1v) is 7.61. The van der Waals surface area contributed by atoms with Crippen molar-refractivity contribution >= 4 is 35.2 Å². The summed E-state index contributed by atoms with van der Waals surface area (Å²) in [6.07, 6.45) is 4.50. The summed E-state index contributed by atoms with van der Waals surface area (Å²) < 4.78 is 5.12. The summed E-state index contributed by atoms with van der Waals surface area (Å²) in [5, 5.41) is 11.5. The highest BCUT2D eigenvalue weighted by molar-refractivity contribution is 6.30. The second-order valence-electron chi connectivity index (χ2n) is 5.04. The van der Waals surface area contributed by atoms with Gasteiger partial charge in [0.1, 0.15) is 0 Å². The molecule has 7 heteroatoms. The zero-order valence-corrected chi connectivity index (χ0v) is 13.5. The van der Waals surface area contributed by atoms with Crippen LogP contribution in [0.5, 0.6) is 0 Å². The molecule has 6 nitrogen and oxygen atoms in total. The van der Waals surface area contributed by atoms with E-state index in [1.165, 1.54) is 24.3 Å². The van der Waals surface area contributed by atoms with Crippen molar-refractivity contribution in [2.45, 2.75) is 0 Å². The minimum atomic E-state index is -0.586. The zero-order valence-electron chi connectivity index (χ0n) is 12.8. The SMILES string of the molecule is O=C1OC(c2ccc(Cl)cc2)=NC1=CC=Cc1ccccc1[N+](=O)[O-]. The van der Waals surface area contributed by atoms with Gasteiger partial charge in [-0.1, -0.05) is 29.8 Å². The van der Waals surface area contributed by atoms with Gasteiger partial charge >= 0.3 is 5.97 Å². The Labute approximate surface area is 147 Å². The van der Waals surface area contributed by atoms with Crippen molar-refractivity contribution in [2.75, 3.05) is 0 Å². The highest BCUT2D eigenvalue weighted by atomic mass is 35.5. The van der Waals surface area contributed by atoms with E-state index in [0.29, 0.717) is 16.1 Å². The molecule has 0 amide bonds. The highest BCUT2D eigenvalue weighted by Crippen LogP contribution is 2.21. The van der Waals surface area contributed by atoms with E-state index in [1.54, 1.807) is 42.5 Å². The van der Waals surface area contributed by atoms with E-state index in [2.05, 4.69) is 4.99 Å². The quantitative estimate of drug-likeness (QED) is 0.357. The van der Waals surface area contributed by atoms with Crippen LogP contribution in [0.25, 0.3) is 6.08 Å². The number of aliphatic imine (C=N–C) groups is 1. The molecule has 0 aliphatic carbocycles. The Hall–Kier alpha value is -3.25. The maximum atomic E-state index is 11.9. The van der Waals surface area contributed by atoms with Crippen LogP contribution in [0.4, 0.5) is 5.69 Å². The Kier molecular flexibility index (Phi) is 4.72. The Bertz CT molecular complexity index is 930. The number of nitro benzene ring substituents is 1. The standard InChI is InChI=1S/C18H11ClN2O4/c19-14-10-8-13(9-11-14)17-20-15(18(22)25-17)6-3-5-12-4-1-2-7-16(12)21(23)24/h1-11H. The predicted molar refractivity (Wildman–Crippen MR) is 94.3 cm³/mol. The third kappa shape index (κ3) is 3.81. The number of esters is 1. The first-order chi connectivity index (χ1) is 12.0. The molecule has 0 atom stereocenters. The van der Waals surface area contributed by atoms with Gasteiger partial charge in [-0.15, -0.1) is 0 Å². The van der Waals surface area contributed by atoms with Crippen molar-refractivity contribution in [3.05, 3.63) is 92.6 Å². The Morgan fingerprint density at radius 1 is 1.12 bits per heavy atom. The van der Waals surface area contributed by atoms with Crippen LogP contribution >= 0.6 is 11.6 Å². The van der Waals surface area contributed by atoms with Gasteiger partial charge < -0.3 is 4.74 Å². The summed E-state index contributed by atoms with van der Waals surface area (Å²) in [5.74, 6) is -0.399. The number of carbonyl (C=O) groups is 1. The number of rotatable bonds is 4. The predicted octanol–water partition coefficient (Wildman–Crippen LogP) is 4.15. The molecule has 1 aliphatic heterocycles. The number of hydrogen-bond acceptors (Lipinski definition) is 5. The summed E-state index contributed by atoms with van der Waals surface area (Å²) in [7, 11) is 0. The maximum absolute atomic E-state index is 11.9. The monoisotopic (exact) mass is 354 g/mol. The lowest BCUT2D eigenvalue weighted by Gasteiger charge is -1.98. The summed E-state index contributed by atoms with van der Waals surface area (Å²) in [6, 6.07) is 13.0. The van der Waals surface area contributed by atoms with Gasteiger partial charge in [-0.3, -0.25) is 10.1 Å². The van der Waals surface area contributed by atoms with Gasteiger partial charge in [0, 0.05) is 16.7 Å². The molecular formula is C18H11ClN2O4. The molecule has 0 saturated heterocycles. The molecule has 3 rings (SSSR count). The van der Waals surface area contributed by atoms with Gasteiger partial charge in [-0.05, 0) is 42.5 Å². The number of hydrogen-bond donors (Lipinski definition) is 0. The number of carbonyl (C=O) groups excluding carboxylic acids is 1. The molecule has 1 heterocycles. The first kappa shape index (κ1) is 16.6. The zero-order chi connectivity index (χ0) is 17.8. The average molecular weight is 355 g/mol. The second-order valence-corrected chi connectivity index (χ2v) is 5.48. The number of cyclic esters (lactones) is 1. The van der Waals surface area contributed by atoms with Crippen LogP contribution in [-0.2, 0) is 9.53 Å². The van der Waals surface area contributed by atoms with Crippen LogP contribution in [0, 0.1) is 10.1 Å². The number of benzene rings is 2. The Morgan fingerprint density at radius 2 is 1.84 bits per heavy atom. The minimum Gasteiger partial charge on any atom is -0.402 e. The summed E-state index contributed by atoms with van der Waals surface area (Å²) >= 11 is 5.82. The Balaban J connectivity index is 1.83. The molecule has 124 valence electrons. The van der Waals surface area contributed by atoms with E-state index >= 15 is 0 Å². The molecule has 0 N–H and O–H groups in total. The lowest BCUT2D eigenvalue weighted by Crippen LogP contribution is -2.04. The van der Waals surface area contributed by atoms with E-state index in [-0.39, 0.29) is 17.3 Å². The molecule has 0 spiro atoms. The number of para-hydroxylation sites is 1. The molecule has 0 bridgehead atoms. The van der Waals surface area contributed by atoms with E-state index in [1.807, 2.05) is 0 Å². The van der Waals surface area contributed by atoms with Gasteiger partial charge in [0.15, 0.2) is 5.70 Å². The largest absolute Gasteiger partial charge is 0.402 e. The van der Waals surface area contributed by atoms with Crippen molar-refractivity contribution in [2.24, 2.45) is 4.99 Å². The van der Waals surface area contributed by atoms with Crippen LogP contribution in [0.2, 0.25) is 5.02 Å². The molecule has 2 aromatic carbocycles. The third-order valence-corrected chi connectivity index (χ3v) is 3.63.